The highest BCUT2D eigenvalue weighted by molar-refractivity contribution is 7.92. The molecule has 2 amide bonds. The molecule has 0 aliphatic carbocycles. The molecule has 0 radical (unpaired) electrons. The van der Waals surface area contributed by atoms with Crippen molar-refractivity contribution in [1.82, 2.24) is 0 Å². The van der Waals surface area contributed by atoms with Crippen LogP contribution < -0.4 is 14.5 Å². The summed E-state index contributed by atoms with van der Waals surface area (Å²) in [5.41, 5.74) is 1.41. The van der Waals surface area contributed by atoms with Gasteiger partial charge in [0, 0.05) is 0 Å². The largest absolute Gasteiger partial charge is 0.323 e. The number of hydrogen-bond donors (Lipinski definition) is 1. The summed E-state index contributed by atoms with van der Waals surface area (Å²) in [6, 6.07) is 23.3. The predicted octanol–water partition coefficient (Wildman–Crippen LogP) is 2.87. The van der Waals surface area contributed by atoms with Crippen LogP contribution in [0.2, 0.25) is 0 Å². The van der Waals surface area contributed by atoms with E-state index in [0.717, 1.165) is 4.31 Å². The van der Waals surface area contributed by atoms with Gasteiger partial charge in [-0.15, -0.1) is 0 Å². The van der Waals surface area contributed by atoms with E-state index in [0.29, 0.717) is 17.1 Å². The molecule has 3 aromatic carbocycles. The molecule has 30 heavy (non-hydrogen) atoms. The number of fused-ring (bicyclic) bond motifs is 1. The summed E-state index contributed by atoms with van der Waals surface area (Å²) in [5, 5.41) is 2.72. The number of rotatable bonds is 5. The normalized spacial score (nSPS) is 13.3. The molecule has 0 bridgehead atoms. The number of amides is 2. The fourth-order valence-electron chi connectivity index (χ4n) is 3.29. The van der Waals surface area contributed by atoms with Crippen molar-refractivity contribution in [3.63, 3.8) is 0 Å². The lowest BCUT2D eigenvalue weighted by atomic mass is 10.2. The second-order valence-corrected chi connectivity index (χ2v) is 8.57. The third-order valence-corrected chi connectivity index (χ3v) is 6.51. The first-order valence-electron chi connectivity index (χ1n) is 9.29. The SMILES string of the molecule is O=C1CN(C(=O)CN(c2ccccc2)S(=O)(=O)c2ccccc2)c2ccccc2N1. The summed E-state index contributed by atoms with van der Waals surface area (Å²) in [4.78, 5) is 26.7. The average Bonchev–Trinajstić information content (AvgIpc) is 2.77. The lowest BCUT2D eigenvalue weighted by Crippen LogP contribution is -2.48. The van der Waals surface area contributed by atoms with Crippen molar-refractivity contribution in [3.8, 4) is 0 Å². The van der Waals surface area contributed by atoms with E-state index in [9.17, 15) is 18.0 Å². The smallest absolute Gasteiger partial charge is 0.264 e. The minimum atomic E-state index is -3.99. The zero-order valence-corrected chi connectivity index (χ0v) is 16.7. The molecule has 1 aliphatic heterocycles. The first-order valence-corrected chi connectivity index (χ1v) is 10.7. The van der Waals surface area contributed by atoms with Gasteiger partial charge in [0.15, 0.2) is 0 Å². The van der Waals surface area contributed by atoms with Crippen molar-refractivity contribution in [1.29, 1.82) is 0 Å². The molecule has 0 saturated carbocycles. The van der Waals surface area contributed by atoms with Crippen LogP contribution in [0.5, 0.6) is 0 Å². The van der Waals surface area contributed by atoms with Gasteiger partial charge in [0.05, 0.1) is 22.0 Å². The van der Waals surface area contributed by atoms with Gasteiger partial charge in [-0.3, -0.25) is 18.8 Å². The number of nitrogens with one attached hydrogen (secondary N) is 1. The summed E-state index contributed by atoms with van der Waals surface area (Å²) < 4.78 is 27.7. The Labute approximate surface area is 174 Å². The molecular weight excluding hydrogens is 402 g/mol. The highest BCUT2D eigenvalue weighted by Crippen LogP contribution is 2.30. The maximum atomic E-state index is 13.3. The molecule has 0 unspecified atom stereocenters. The summed E-state index contributed by atoms with van der Waals surface area (Å²) in [6.45, 7) is -0.618. The molecule has 0 saturated heterocycles. The Bertz CT molecular complexity index is 1180. The minimum Gasteiger partial charge on any atom is -0.323 e. The lowest BCUT2D eigenvalue weighted by molar-refractivity contribution is -0.121. The van der Waals surface area contributed by atoms with Crippen LogP contribution >= 0.6 is 0 Å². The Morgan fingerprint density at radius 3 is 2.20 bits per heavy atom. The molecule has 1 aliphatic rings. The van der Waals surface area contributed by atoms with Crippen molar-refractivity contribution >= 4 is 38.9 Å². The average molecular weight is 421 g/mol. The quantitative estimate of drug-likeness (QED) is 0.686. The fourth-order valence-corrected chi connectivity index (χ4v) is 4.73. The maximum Gasteiger partial charge on any atom is 0.264 e. The predicted molar refractivity (Wildman–Crippen MR) is 115 cm³/mol. The summed E-state index contributed by atoms with van der Waals surface area (Å²) >= 11 is 0. The molecular formula is C22H19N3O4S. The summed E-state index contributed by atoms with van der Waals surface area (Å²) in [6.07, 6.45) is 0. The lowest BCUT2D eigenvalue weighted by Gasteiger charge is -2.31. The molecule has 4 rings (SSSR count). The molecule has 1 heterocycles. The van der Waals surface area contributed by atoms with Crippen LogP contribution in [-0.2, 0) is 19.6 Å². The topological polar surface area (TPSA) is 86.8 Å². The van der Waals surface area contributed by atoms with E-state index in [1.807, 2.05) is 0 Å². The fraction of sp³-hybridized carbons (Fsp3) is 0.0909. The van der Waals surface area contributed by atoms with E-state index in [2.05, 4.69) is 5.32 Å². The van der Waals surface area contributed by atoms with Crippen molar-refractivity contribution in [2.45, 2.75) is 4.90 Å². The van der Waals surface area contributed by atoms with Crippen molar-refractivity contribution < 1.29 is 18.0 Å². The number of carbonyl (C=O) groups is 2. The molecule has 8 heteroatoms. The van der Waals surface area contributed by atoms with Gasteiger partial charge in [-0.2, -0.15) is 0 Å². The monoisotopic (exact) mass is 421 g/mol. The van der Waals surface area contributed by atoms with Crippen LogP contribution in [0, 0.1) is 0 Å². The van der Waals surface area contributed by atoms with E-state index < -0.39 is 22.5 Å². The molecule has 152 valence electrons. The van der Waals surface area contributed by atoms with Gasteiger partial charge < -0.3 is 5.32 Å². The van der Waals surface area contributed by atoms with Crippen LogP contribution in [0.15, 0.2) is 89.8 Å². The third-order valence-electron chi connectivity index (χ3n) is 4.73. The first kappa shape index (κ1) is 19.7. The Balaban J connectivity index is 1.72. The first-order chi connectivity index (χ1) is 14.5. The summed E-state index contributed by atoms with van der Waals surface area (Å²) in [7, 11) is -3.99. The molecule has 0 spiro atoms. The number of carbonyl (C=O) groups excluding carboxylic acids is 2. The van der Waals surface area contributed by atoms with Gasteiger partial charge in [-0.1, -0.05) is 48.5 Å². The number of hydrogen-bond acceptors (Lipinski definition) is 4. The number of sulfonamides is 1. The molecule has 1 N–H and O–H groups in total. The minimum absolute atomic E-state index is 0.0819. The Morgan fingerprint density at radius 2 is 1.50 bits per heavy atom. The Hall–Kier alpha value is -3.65. The van der Waals surface area contributed by atoms with Gasteiger partial charge in [-0.05, 0) is 36.4 Å². The van der Waals surface area contributed by atoms with Crippen LogP contribution in [-0.4, -0.2) is 33.3 Å². The van der Waals surface area contributed by atoms with Gasteiger partial charge in [0.25, 0.3) is 10.0 Å². The van der Waals surface area contributed by atoms with E-state index in [4.69, 9.17) is 0 Å². The van der Waals surface area contributed by atoms with Crippen molar-refractivity contribution in [2.75, 3.05) is 27.6 Å². The standard InChI is InChI=1S/C22H19N3O4S/c26-21-15-24(20-14-8-7-13-19(20)23-21)22(27)16-25(17-9-3-1-4-10-17)30(28,29)18-11-5-2-6-12-18/h1-14H,15-16H2,(H,23,26). The van der Waals surface area contributed by atoms with Gasteiger partial charge in [0.1, 0.15) is 13.1 Å². The second-order valence-electron chi connectivity index (χ2n) is 6.71. The molecule has 3 aromatic rings. The number of nitrogens with zero attached hydrogens (tertiary/aromatic N) is 2. The van der Waals surface area contributed by atoms with E-state index in [1.165, 1.54) is 17.0 Å². The Morgan fingerprint density at radius 1 is 0.900 bits per heavy atom. The molecule has 0 atom stereocenters. The molecule has 0 aromatic heterocycles. The van der Waals surface area contributed by atoms with Gasteiger partial charge in [-0.25, -0.2) is 8.42 Å². The Kier molecular flexibility index (Phi) is 5.24. The van der Waals surface area contributed by atoms with Crippen LogP contribution in [0.25, 0.3) is 0 Å². The highest BCUT2D eigenvalue weighted by atomic mass is 32.2. The second kappa shape index (κ2) is 8.00. The van der Waals surface area contributed by atoms with E-state index >= 15 is 0 Å². The number of para-hydroxylation sites is 3. The van der Waals surface area contributed by atoms with Gasteiger partial charge in [0.2, 0.25) is 11.8 Å². The van der Waals surface area contributed by atoms with Crippen molar-refractivity contribution in [2.24, 2.45) is 0 Å². The van der Waals surface area contributed by atoms with E-state index in [1.54, 1.807) is 72.8 Å². The number of benzene rings is 3. The van der Waals surface area contributed by atoms with Crippen LogP contribution in [0.3, 0.4) is 0 Å². The van der Waals surface area contributed by atoms with E-state index in [-0.39, 0.29) is 17.3 Å². The zero-order valence-electron chi connectivity index (χ0n) is 15.9. The maximum absolute atomic E-state index is 13.3. The molecule has 7 nitrogen and oxygen atoms in total. The van der Waals surface area contributed by atoms with Crippen molar-refractivity contribution in [3.05, 3.63) is 84.9 Å². The zero-order chi connectivity index (χ0) is 21.1. The van der Waals surface area contributed by atoms with Crippen LogP contribution in [0.4, 0.5) is 17.1 Å². The molecule has 0 fully saturated rings. The van der Waals surface area contributed by atoms with Crippen LogP contribution in [0.1, 0.15) is 0 Å². The highest BCUT2D eigenvalue weighted by Gasteiger charge is 2.32. The van der Waals surface area contributed by atoms with Gasteiger partial charge >= 0.3 is 0 Å². The number of anilines is 3. The third kappa shape index (κ3) is 3.77. The summed E-state index contributed by atoms with van der Waals surface area (Å²) in [5.74, 6) is -0.833.